The number of carbonyl (C=O) groups excluding carboxylic acids is 4. The molecule has 2 fully saturated rings. The van der Waals surface area contributed by atoms with Crippen molar-refractivity contribution >= 4 is 47.7 Å². The molecular weight excluding hydrogens is 610 g/mol. The Morgan fingerprint density at radius 1 is 1.02 bits per heavy atom. The number of benzene rings is 2. The van der Waals surface area contributed by atoms with E-state index in [0.29, 0.717) is 29.6 Å². The van der Waals surface area contributed by atoms with Crippen LogP contribution in [0.4, 0.5) is 21.0 Å². The lowest BCUT2D eigenvalue weighted by Crippen LogP contribution is -2.49. The maximum atomic E-state index is 13.9. The third-order valence-electron chi connectivity index (χ3n) is 8.31. The number of nitrogens with one attached hydrogen (secondary N) is 3. The van der Waals surface area contributed by atoms with Gasteiger partial charge in [-0.15, -0.1) is 12.4 Å². The summed E-state index contributed by atoms with van der Waals surface area (Å²) in [6.07, 6.45) is 2.90. The Bertz CT molecular complexity index is 1410. The van der Waals surface area contributed by atoms with E-state index in [2.05, 4.69) is 16.0 Å². The molecule has 5 amide bonds. The normalized spacial score (nSPS) is 17.0. The highest BCUT2D eigenvalue weighted by Crippen LogP contribution is 2.38. The van der Waals surface area contributed by atoms with Crippen molar-refractivity contribution in [2.75, 3.05) is 24.3 Å². The van der Waals surface area contributed by atoms with E-state index in [1.807, 2.05) is 58.0 Å². The first-order chi connectivity index (χ1) is 21.3. The van der Waals surface area contributed by atoms with Crippen LogP contribution in [-0.2, 0) is 20.9 Å². The number of nitrogens with zero attached hydrogens (tertiary/aromatic N) is 2. The molecule has 252 valence electrons. The molecule has 2 aromatic rings. The first kappa shape index (κ1) is 36.6. The molecule has 2 aliphatic rings. The fourth-order valence-electron chi connectivity index (χ4n) is 5.55. The molecule has 3 N–H and O–H groups in total. The van der Waals surface area contributed by atoms with Gasteiger partial charge in [-0.2, -0.15) is 0 Å². The molecule has 1 heterocycles. The standard InChI is InChI=1S/C34H47N5O6.ClH/c1-21(2)45-30(40)16-23(4)35-19-26(17-24-12-13-24)39-31(41)34(5,6)38(33(39)43)20-25-14-15-28(29(18-25)44-7)37-32(42)36-27-11-9-8-10-22(27)3;/h8-11,14-15,18,21,23-24,26,35H,12-13,16-17,19-20H2,1-7H3,(H2,36,37,42);1H/t23-,26+;/m1./s1. The summed E-state index contributed by atoms with van der Waals surface area (Å²) in [4.78, 5) is 55.5. The number of halogens is 1. The largest absolute Gasteiger partial charge is 0.495 e. The Balaban J connectivity index is 0.00000576. The van der Waals surface area contributed by atoms with Gasteiger partial charge in [0.2, 0.25) is 0 Å². The zero-order valence-electron chi connectivity index (χ0n) is 27.8. The highest BCUT2D eigenvalue weighted by molar-refractivity contribution is 6.07. The van der Waals surface area contributed by atoms with E-state index in [1.54, 1.807) is 30.9 Å². The maximum absolute atomic E-state index is 13.9. The Morgan fingerprint density at radius 2 is 1.70 bits per heavy atom. The molecule has 0 aromatic heterocycles. The van der Waals surface area contributed by atoms with Crippen molar-refractivity contribution in [3.05, 3.63) is 53.6 Å². The van der Waals surface area contributed by atoms with Crippen LogP contribution in [0, 0.1) is 12.8 Å². The number of para-hydroxylation sites is 1. The van der Waals surface area contributed by atoms with Crippen molar-refractivity contribution in [3.63, 3.8) is 0 Å². The number of amides is 5. The third kappa shape index (κ3) is 9.13. The molecule has 2 atom stereocenters. The summed E-state index contributed by atoms with van der Waals surface area (Å²) in [5, 5.41) is 9.03. The molecule has 1 saturated heterocycles. The average Bonchev–Trinajstić information content (AvgIpc) is 3.77. The Morgan fingerprint density at radius 3 is 2.33 bits per heavy atom. The summed E-state index contributed by atoms with van der Waals surface area (Å²) >= 11 is 0. The quantitative estimate of drug-likeness (QED) is 0.165. The summed E-state index contributed by atoms with van der Waals surface area (Å²) in [5.74, 6) is 0.377. The number of hydrogen-bond donors (Lipinski definition) is 3. The van der Waals surface area contributed by atoms with Crippen molar-refractivity contribution in [2.45, 2.75) is 97.5 Å². The fraction of sp³-hybridized carbons (Fsp3) is 0.529. The minimum Gasteiger partial charge on any atom is -0.495 e. The number of aryl methyl sites for hydroxylation is 1. The molecule has 1 saturated carbocycles. The van der Waals surface area contributed by atoms with Crippen LogP contribution in [-0.4, -0.2) is 71.1 Å². The van der Waals surface area contributed by atoms with Gasteiger partial charge in [-0.05, 0) is 83.2 Å². The van der Waals surface area contributed by atoms with E-state index < -0.39 is 11.6 Å². The summed E-state index contributed by atoms with van der Waals surface area (Å²) in [6.45, 7) is 11.5. The van der Waals surface area contributed by atoms with Crippen LogP contribution in [0.1, 0.15) is 71.4 Å². The lowest BCUT2D eigenvalue weighted by molar-refractivity contribution is -0.148. The molecule has 4 rings (SSSR count). The number of carbonyl (C=O) groups is 4. The van der Waals surface area contributed by atoms with Gasteiger partial charge < -0.3 is 30.3 Å². The second-order valence-electron chi connectivity index (χ2n) is 12.9. The second-order valence-corrected chi connectivity index (χ2v) is 12.9. The van der Waals surface area contributed by atoms with Crippen LogP contribution in [0.2, 0.25) is 0 Å². The van der Waals surface area contributed by atoms with Gasteiger partial charge in [0.1, 0.15) is 11.3 Å². The number of methoxy groups -OCH3 is 1. The van der Waals surface area contributed by atoms with Gasteiger partial charge in [0, 0.05) is 24.8 Å². The highest BCUT2D eigenvalue weighted by Gasteiger charge is 2.53. The molecular formula is C34H48ClN5O6. The van der Waals surface area contributed by atoms with Crippen molar-refractivity contribution in [1.29, 1.82) is 0 Å². The van der Waals surface area contributed by atoms with Crippen LogP contribution in [0.5, 0.6) is 5.75 Å². The van der Waals surface area contributed by atoms with Gasteiger partial charge in [0.15, 0.2) is 0 Å². The molecule has 12 heteroatoms. The number of urea groups is 2. The van der Waals surface area contributed by atoms with Gasteiger partial charge in [0.25, 0.3) is 5.91 Å². The number of ether oxygens (including phenoxy) is 2. The molecule has 0 radical (unpaired) electrons. The van der Waals surface area contributed by atoms with Crippen LogP contribution in [0.15, 0.2) is 42.5 Å². The average molecular weight is 658 g/mol. The zero-order valence-corrected chi connectivity index (χ0v) is 28.7. The fourth-order valence-corrected chi connectivity index (χ4v) is 5.55. The van der Waals surface area contributed by atoms with Gasteiger partial charge in [-0.25, -0.2) is 9.59 Å². The number of esters is 1. The number of hydrogen-bond acceptors (Lipinski definition) is 7. The number of rotatable bonds is 14. The first-order valence-electron chi connectivity index (χ1n) is 15.7. The number of anilines is 2. The molecule has 0 spiro atoms. The van der Waals surface area contributed by atoms with E-state index >= 15 is 0 Å². The minimum absolute atomic E-state index is 0. The predicted molar refractivity (Wildman–Crippen MR) is 180 cm³/mol. The summed E-state index contributed by atoms with van der Waals surface area (Å²) in [6, 6.07) is 11.5. The molecule has 0 bridgehead atoms. The molecule has 2 aromatic carbocycles. The van der Waals surface area contributed by atoms with Gasteiger partial charge >= 0.3 is 18.0 Å². The Kier molecular flexibility index (Phi) is 12.5. The SMILES string of the molecule is COc1cc(CN2C(=O)N([C@H](CN[C@H](C)CC(=O)OC(C)C)CC3CC3)C(=O)C2(C)C)ccc1NC(=O)Nc1ccccc1C.Cl. The number of imide groups is 1. The van der Waals surface area contributed by atoms with Crippen LogP contribution >= 0.6 is 12.4 Å². The Hall–Kier alpha value is -3.83. The summed E-state index contributed by atoms with van der Waals surface area (Å²) in [7, 11) is 1.51. The van der Waals surface area contributed by atoms with E-state index in [0.717, 1.165) is 30.4 Å². The second kappa shape index (κ2) is 15.6. The van der Waals surface area contributed by atoms with Gasteiger partial charge in [-0.1, -0.05) is 37.1 Å². The van der Waals surface area contributed by atoms with Crippen LogP contribution in [0.3, 0.4) is 0 Å². The van der Waals surface area contributed by atoms with Crippen molar-refractivity contribution in [2.24, 2.45) is 5.92 Å². The van der Waals surface area contributed by atoms with Gasteiger partial charge in [-0.3, -0.25) is 14.5 Å². The minimum atomic E-state index is -1.07. The smallest absolute Gasteiger partial charge is 0.328 e. The van der Waals surface area contributed by atoms with Gasteiger partial charge in [0.05, 0.1) is 31.4 Å². The van der Waals surface area contributed by atoms with Crippen LogP contribution in [0.25, 0.3) is 0 Å². The molecule has 11 nitrogen and oxygen atoms in total. The Labute approximate surface area is 278 Å². The molecule has 0 unspecified atom stereocenters. The van der Waals surface area contributed by atoms with E-state index in [-0.39, 0.29) is 61.5 Å². The van der Waals surface area contributed by atoms with Crippen molar-refractivity contribution in [3.8, 4) is 5.75 Å². The third-order valence-corrected chi connectivity index (χ3v) is 8.31. The summed E-state index contributed by atoms with van der Waals surface area (Å²) in [5.41, 5.74) is 1.80. The van der Waals surface area contributed by atoms with Crippen molar-refractivity contribution < 1.29 is 28.7 Å². The zero-order chi connectivity index (χ0) is 32.9. The lowest BCUT2D eigenvalue weighted by atomic mass is 10.0. The lowest BCUT2D eigenvalue weighted by Gasteiger charge is -2.28. The maximum Gasteiger partial charge on any atom is 0.328 e. The van der Waals surface area contributed by atoms with E-state index in [4.69, 9.17) is 9.47 Å². The predicted octanol–water partition coefficient (Wildman–Crippen LogP) is 6.10. The molecule has 1 aliphatic heterocycles. The topological polar surface area (TPSA) is 129 Å². The molecule has 46 heavy (non-hydrogen) atoms. The first-order valence-corrected chi connectivity index (χ1v) is 15.7. The molecule has 1 aliphatic carbocycles. The summed E-state index contributed by atoms with van der Waals surface area (Å²) < 4.78 is 10.8. The van der Waals surface area contributed by atoms with E-state index in [9.17, 15) is 19.2 Å². The monoisotopic (exact) mass is 657 g/mol. The van der Waals surface area contributed by atoms with Crippen LogP contribution < -0.4 is 20.7 Å². The highest BCUT2D eigenvalue weighted by atomic mass is 35.5. The van der Waals surface area contributed by atoms with E-state index in [1.165, 1.54) is 12.0 Å². The van der Waals surface area contributed by atoms with Crippen molar-refractivity contribution in [1.82, 2.24) is 15.1 Å².